The van der Waals surface area contributed by atoms with Crippen molar-refractivity contribution in [2.24, 2.45) is 5.73 Å². The van der Waals surface area contributed by atoms with Gasteiger partial charge >= 0.3 is 15.6 Å². The van der Waals surface area contributed by atoms with Gasteiger partial charge in [-0.25, -0.2) is 0 Å². The van der Waals surface area contributed by atoms with Gasteiger partial charge in [-0.15, -0.1) is 0 Å². The first-order valence-corrected chi connectivity index (χ1v) is 7.35. The monoisotopic (exact) mass is 325 g/mol. The molecule has 0 radical (unpaired) electrons. The van der Waals surface area contributed by atoms with Crippen molar-refractivity contribution >= 4 is 10.1 Å². The summed E-state index contributed by atoms with van der Waals surface area (Å²) < 4.78 is 68.8. The summed E-state index contributed by atoms with van der Waals surface area (Å²) in [6.45, 7) is 5.05. The van der Waals surface area contributed by atoms with Gasteiger partial charge in [-0.2, -0.15) is 21.6 Å². The van der Waals surface area contributed by atoms with Gasteiger partial charge in [0.15, 0.2) is 6.23 Å². The molecule has 0 fully saturated rings. The Morgan fingerprint density at radius 3 is 2.43 bits per heavy atom. The fraction of sp³-hybridized carbons (Fsp3) is 0.500. The van der Waals surface area contributed by atoms with Crippen molar-refractivity contribution < 1.29 is 30.5 Å². The molecule has 0 saturated carbocycles. The number of fused-ring (bicyclic) bond motifs is 1. The molecule has 9 heteroatoms. The standard InChI is InChI=1S/C12H14F3NO4S/c1-6-4-7(20-21(17,18)12(13,14)15)5-8-9(6)19-10(16)11(8,2)3/h4-5,10H,16H2,1-3H3. The van der Waals surface area contributed by atoms with Gasteiger partial charge in [0.1, 0.15) is 11.5 Å². The first-order valence-electron chi connectivity index (χ1n) is 5.94. The summed E-state index contributed by atoms with van der Waals surface area (Å²) >= 11 is 0. The number of hydrogen-bond donors (Lipinski definition) is 1. The topological polar surface area (TPSA) is 78.6 Å². The molecule has 21 heavy (non-hydrogen) atoms. The quantitative estimate of drug-likeness (QED) is 0.666. The number of rotatable bonds is 2. The van der Waals surface area contributed by atoms with Crippen LogP contribution in [0, 0.1) is 6.92 Å². The van der Waals surface area contributed by atoms with E-state index in [0.29, 0.717) is 16.9 Å². The van der Waals surface area contributed by atoms with Crippen LogP contribution in [0.3, 0.4) is 0 Å². The van der Waals surface area contributed by atoms with E-state index in [2.05, 4.69) is 4.18 Å². The van der Waals surface area contributed by atoms with Gasteiger partial charge in [-0.05, 0) is 24.6 Å². The Morgan fingerprint density at radius 2 is 1.90 bits per heavy atom. The van der Waals surface area contributed by atoms with Crippen LogP contribution in [-0.2, 0) is 15.5 Å². The minimum Gasteiger partial charge on any atom is -0.474 e. The van der Waals surface area contributed by atoms with Gasteiger partial charge in [0.05, 0.1) is 0 Å². The van der Waals surface area contributed by atoms with Crippen molar-refractivity contribution in [2.45, 2.75) is 37.9 Å². The molecule has 1 aromatic carbocycles. The SMILES string of the molecule is Cc1cc(OS(=O)(=O)C(F)(F)F)cc2c1OC(N)C2(C)C. The average Bonchev–Trinajstić information content (AvgIpc) is 2.50. The lowest BCUT2D eigenvalue weighted by Crippen LogP contribution is -2.39. The molecule has 0 aliphatic carbocycles. The second-order valence-electron chi connectivity index (χ2n) is 5.36. The van der Waals surface area contributed by atoms with Gasteiger partial charge in [-0.3, -0.25) is 5.73 Å². The third-order valence-electron chi connectivity index (χ3n) is 3.39. The Hall–Kier alpha value is -1.48. The lowest BCUT2D eigenvalue weighted by atomic mass is 9.84. The molecule has 0 saturated heterocycles. The Labute approximate surface area is 120 Å². The van der Waals surface area contributed by atoms with E-state index in [1.165, 1.54) is 6.07 Å². The van der Waals surface area contributed by atoms with E-state index in [-0.39, 0.29) is 0 Å². The summed E-state index contributed by atoms with van der Waals surface area (Å²) in [6.07, 6.45) is -0.680. The van der Waals surface area contributed by atoms with Crippen LogP contribution in [0.25, 0.3) is 0 Å². The Morgan fingerprint density at radius 1 is 1.33 bits per heavy atom. The van der Waals surface area contributed by atoms with Gasteiger partial charge in [-0.1, -0.05) is 13.8 Å². The molecular weight excluding hydrogens is 311 g/mol. The highest BCUT2D eigenvalue weighted by Gasteiger charge is 2.49. The third-order valence-corrected chi connectivity index (χ3v) is 4.37. The first kappa shape index (κ1) is 15.9. The fourth-order valence-electron chi connectivity index (χ4n) is 2.03. The van der Waals surface area contributed by atoms with Crippen molar-refractivity contribution in [3.8, 4) is 11.5 Å². The van der Waals surface area contributed by atoms with Crippen LogP contribution in [0.1, 0.15) is 25.0 Å². The number of ether oxygens (including phenoxy) is 1. The predicted molar refractivity (Wildman–Crippen MR) is 68.4 cm³/mol. The van der Waals surface area contributed by atoms with E-state index in [1.807, 2.05) is 0 Å². The molecule has 0 bridgehead atoms. The van der Waals surface area contributed by atoms with Crippen LogP contribution in [0.15, 0.2) is 12.1 Å². The van der Waals surface area contributed by atoms with E-state index in [1.54, 1.807) is 20.8 Å². The maximum atomic E-state index is 12.4. The van der Waals surface area contributed by atoms with Crippen molar-refractivity contribution in [3.05, 3.63) is 23.3 Å². The van der Waals surface area contributed by atoms with Crippen LogP contribution in [0.4, 0.5) is 13.2 Å². The lowest BCUT2D eigenvalue weighted by Gasteiger charge is -2.22. The lowest BCUT2D eigenvalue weighted by molar-refractivity contribution is -0.0500. The summed E-state index contributed by atoms with van der Waals surface area (Å²) in [6, 6.07) is 2.37. The maximum absolute atomic E-state index is 12.4. The van der Waals surface area contributed by atoms with E-state index >= 15 is 0 Å². The molecular formula is C12H14F3NO4S. The molecule has 0 spiro atoms. The van der Waals surface area contributed by atoms with E-state index < -0.39 is 33.0 Å². The van der Waals surface area contributed by atoms with Crippen molar-refractivity contribution in [1.29, 1.82) is 0 Å². The average molecular weight is 325 g/mol. The van der Waals surface area contributed by atoms with Crippen LogP contribution >= 0.6 is 0 Å². The molecule has 1 atom stereocenters. The molecule has 1 aromatic rings. The van der Waals surface area contributed by atoms with Crippen molar-refractivity contribution in [2.75, 3.05) is 0 Å². The van der Waals surface area contributed by atoms with Crippen LogP contribution in [0.2, 0.25) is 0 Å². The molecule has 0 aromatic heterocycles. The number of nitrogens with two attached hydrogens (primary N) is 1. The zero-order valence-electron chi connectivity index (χ0n) is 11.5. The molecule has 1 aliphatic rings. The summed E-state index contributed by atoms with van der Waals surface area (Å²) in [5.74, 6) is 0.0126. The number of benzene rings is 1. The maximum Gasteiger partial charge on any atom is 0.534 e. The minimum absolute atomic E-state index is 0.422. The summed E-state index contributed by atoms with van der Waals surface area (Å²) in [4.78, 5) is 0. The highest BCUT2D eigenvalue weighted by molar-refractivity contribution is 7.88. The number of halogens is 3. The normalized spacial score (nSPS) is 20.8. The molecule has 1 heterocycles. The first-order chi connectivity index (χ1) is 9.36. The van der Waals surface area contributed by atoms with Crippen LogP contribution in [-0.4, -0.2) is 20.2 Å². The molecule has 118 valence electrons. The van der Waals surface area contributed by atoms with Gasteiger partial charge in [0.2, 0.25) is 0 Å². The smallest absolute Gasteiger partial charge is 0.474 e. The molecule has 2 N–H and O–H groups in total. The Kier molecular flexibility index (Phi) is 3.41. The molecule has 2 rings (SSSR count). The zero-order chi connectivity index (χ0) is 16.2. The Bertz CT molecular complexity index is 682. The van der Waals surface area contributed by atoms with Gasteiger partial charge in [0, 0.05) is 11.0 Å². The van der Waals surface area contributed by atoms with Crippen molar-refractivity contribution in [1.82, 2.24) is 0 Å². The summed E-state index contributed by atoms with van der Waals surface area (Å²) in [5.41, 5.74) is 0.602. The number of hydrogen-bond acceptors (Lipinski definition) is 5. The fourth-order valence-corrected chi connectivity index (χ4v) is 2.47. The van der Waals surface area contributed by atoms with Gasteiger partial charge in [0.25, 0.3) is 0 Å². The second kappa shape index (κ2) is 4.51. The van der Waals surface area contributed by atoms with E-state index in [4.69, 9.17) is 10.5 Å². The van der Waals surface area contributed by atoms with E-state index in [9.17, 15) is 21.6 Å². The number of aryl methyl sites for hydroxylation is 1. The minimum atomic E-state index is -5.71. The molecule has 5 nitrogen and oxygen atoms in total. The van der Waals surface area contributed by atoms with Crippen LogP contribution < -0.4 is 14.7 Å². The highest BCUT2D eigenvalue weighted by atomic mass is 32.2. The second-order valence-corrected chi connectivity index (χ2v) is 6.90. The van der Waals surface area contributed by atoms with Gasteiger partial charge < -0.3 is 8.92 Å². The largest absolute Gasteiger partial charge is 0.534 e. The molecule has 1 aliphatic heterocycles. The Balaban J connectivity index is 2.48. The summed E-state index contributed by atoms with van der Waals surface area (Å²) in [7, 11) is -5.71. The zero-order valence-corrected chi connectivity index (χ0v) is 12.3. The summed E-state index contributed by atoms with van der Waals surface area (Å²) in [5, 5.41) is 0. The molecule has 0 amide bonds. The van der Waals surface area contributed by atoms with E-state index in [0.717, 1.165) is 6.07 Å². The molecule has 1 unspecified atom stereocenters. The van der Waals surface area contributed by atoms with Crippen molar-refractivity contribution in [3.63, 3.8) is 0 Å². The third kappa shape index (κ3) is 2.55. The van der Waals surface area contributed by atoms with Crippen LogP contribution in [0.5, 0.6) is 11.5 Å². The highest BCUT2D eigenvalue weighted by Crippen LogP contribution is 2.45. The number of alkyl halides is 3. The predicted octanol–water partition coefficient (Wildman–Crippen LogP) is 2.18.